The van der Waals surface area contributed by atoms with Gasteiger partial charge in [0.25, 0.3) is 0 Å². The van der Waals surface area contributed by atoms with Crippen LogP contribution in [0.3, 0.4) is 0 Å². The van der Waals surface area contributed by atoms with Crippen LogP contribution in [-0.4, -0.2) is 9.55 Å². The lowest BCUT2D eigenvalue weighted by Crippen LogP contribution is -2.17. The van der Waals surface area contributed by atoms with Crippen molar-refractivity contribution in [2.45, 2.75) is 78.2 Å². The summed E-state index contributed by atoms with van der Waals surface area (Å²) >= 11 is 0. The van der Waals surface area contributed by atoms with Gasteiger partial charge in [0.2, 0.25) is 0 Å². The summed E-state index contributed by atoms with van der Waals surface area (Å²) in [6.45, 7) is 6.68. The number of benzene rings is 1. The SMILES string of the molecule is CCCCc1c(-c2ccccc2C)nc(C)n1C1CCCCC1. The van der Waals surface area contributed by atoms with Gasteiger partial charge in [-0.15, -0.1) is 0 Å². The molecule has 1 saturated carbocycles. The summed E-state index contributed by atoms with van der Waals surface area (Å²) in [4.78, 5) is 5.03. The second-order valence-electron chi connectivity index (χ2n) is 7.03. The van der Waals surface area contributed by atoms with E-state index in [9.17, 15) is 0 Å². The summed E-state index contributed by atoms with van der Waals surface area (Å²) in [5.74, 6) is 1.21. The van der Waals surface area contributed by atoms with E-state index >= 15 is 0 Å². The van der Waals surface area contributed by atoms with Crippen LogP contribution in [0.2, 0.25) is 0 Å². The van der Waals surface area contributed by atoms with E-state index in [1.807, 2.05) is 0 Å². The van der Waals surface area contributed by atoms with Crippen molar-refractivity contribution in [1.82, 2.24) is 9.55 Å². The molecule has 0 unspecified atom stereocenters. The Hall–Kier alpha value is -1.57. The molecule has 1 heterocycles. The van der Waals surface area contributed by atoms with Gasteiger partial charge in [0.15, 0.2) is 0 Å². The Morgan fingerprint density at radius 1 is 1.09 bits per heavy atom. The van der Waals surface area contributed by atoms with Gasteiger partial charge in [-0.1, -0.05) is 56.9 Å². The predicted molar refractivity (Wildman–Crippen MR) is 97.9 cm³/mol. The molecule has 1 aromatic carbocycles. The first-order valence-corrected chi connectivity index (χ1v) is 9.36. The molecular formula is C21H30N2. The lowest BCUT2D eigenvalue weighted by Gasteiger charge is -2.26. The zero-order valence-corrected chi connectivity index (χ0v) is 14.9. The van der Waals surface area contributed by atoms with Crippen LogP contribution >= 0.6 is 0 Å². The van der Waals surface area contributed by atoms with E-state index < -0.39 is 0 Å². The maximum absolute atomic E-state index is 5.03. The van der Waals surface area contributed by atoms with Crippen molar-refractivity contribution in [2.24, 2.45) is 0 Å². The lowest BCUT2D eigenvalue weighted by molar-refractivity contribution is 0.341. The Bertz CT molecular complexity index is 648. The number of imidazole rings is 1. The van der Waals surface area contributed by atoms with Crippen LogP contribution in [0.1, 0.15) is 75.0 Å². The third-order valence-electron chi connectivity index (χ3n) is 5.29. The molecule has 0 bridgehead atoms. The molecule has 1 fully saturated rings. The third-order valence-corrected chi connectivity index (χ3v) is 5.29. The van der Waals surface area contributed by atoms with E-state index in [0.29, 0.717) is 6.04 Å². The van der Waals surface area contributed by atoms with Crippen LogP contribution in [0.15, 0.2) is 24.3 Å². The van der Waals surface area contributed by atoms with Gasteiger partial charge in [-0.2, -0.15) is 0 Å². The molecule has 1 aromatic heterocycles. The highest BCUT2D eigenvalue weighted by Gasteiger charge is 2.23. The van der Waals surface area contributed by atoms with Gasteiger partial charge in [0.1, 0.15) is 5.82 Å². The normalized spacial score (nSPS) is 16.0. The van der Waals surface area contributed by atoms with Gasteiger partial charge in [0.05, 0.1) is 5.69 Å². The lowest BCUT2D eigenvalue weighted by atomic mass is 9.94. The Morgan fingerprint density at radius 2 is 1.83 bits per heavy atom. The van der Waals surface area contributed by atoms with E-state index in [1.165, 1.54) is 73.3 Å². The summed E-state index contributed by atoms with van der Waals surface area (Å²) in [6, 6.07) is 9.36. The molecule has 0 aliphatic heterocycles. The largest absolute Gasteiger partial charge is 0.329 e. The highest BCUT2D eigenvalue weighted by atomic mass is 15.1. The minimum absolute atomic E-state index is 0.667. The quantitative estimate of drug-likeness (QED) is 0.660. The number of aromatic nitrogens is 2. The van der Waals surface area contributed by atoms with E-state index in [-0.39, 0.29) is 0 Å². The van der Waals surface area contributed by atoms with Crippen LogP contribution in [-0.2, 0) is 6.42 Å². The first kappa shape index (κ1) is 16.3. The molecule has 0 radical (unpaired) electrons. The number of unbranched alkanes of at least 4 members (excludes halogenated alkanes) is 1. The molecule has 1 aliphatic rings. The molecule has 0 atom stereocenters. The summed E-state index contributed by atoms with van der Waals surface area (Å²) in [5, 5.41) is 0. The molecule has 2 nitrogen and oxygen atoms in total. The Labute approximate surface area is 141 Å². The fourth-order valence-corrected chi connectivity index (χ4v) is 4.05. The molecule has 0 N–H and O–H groups in total. The fraction of sp³-hybridized carbons (Fsp3) is 0.571. The maximum atomic E-state index is 5.03. The monoisotopic (exact) mass is 310 g/mol. The Morgan fingerprint density at radius 3 is 2.52 bits per heavy atom. The fourth-order valence-electron chi connectivity index (χ4n) is 4.05. The van der Waals surface area contributed by atoms with E-state index in [4.69, 9.17) is 4.98 Å². The molecular weight excluding hydrogens is 280 g/mol. The van der Waals surface area contributed by atoms with Crippen molar-refractivity contribution in [3.63, 3.8) is 0 Å². The summed E-state index contributed by atoms with van der Waals surface area (Å²) in [7, 11) is 0. The Balaban J connectivity index is 2.07. The standard InChI is InChI=1S/C21H30N2/c1-4-5-15-20-21(19-14-10-9-11-16(19)2)22-17(3)23(20)18-12-7-6-8-13-18/h9-11,14,18H,4-8,12-13,15H2,1-3H3. The summed E-state index contributed by atoms with van der Waals surface area (Å²) in [6.07, 6.45) is 10.4. The van der Waals surface area contributed by atoms with Crippen LogP contribution in [0, 0.1) is 13.8 Å². The minimum Gasteiger partial charge on any atom is -0.329 e. The van der Waals surface area contributed by atoms with E-state index in [0.717, 1.165) is 6.42 Å². The van der Waals surface area contributed by atoms with Crippen LogP contribution < -0.4 is 0 Å². The number of rotatable bonds is 5. The molecule has 2 heteroatoms. The van der Waals surface area contributed by atoms with Crippen molar-refractivity contribution in [3.05, 3.63) is 41.3 Å². The second-order valence-corrected chi connectivity index (χ2v) is 7.03. The highest BCUT2D eigenvalue weighted by molar-refractivity contribution is 5.66. The molecule has 1 aliphatic carbocycles. The number of nitrogens with zero attached hydrogens (tertiary/aromatic N) is 2. The third kappa shape index (κ3) is 3.36. The molecule has 2 aromatic rings. The first-order valence-electron chi connectivity index (χ1n) is 9.36. The van der Waals surface area contributed by atoms with Gasteiger partial charge < -0.3 is 4.57 Å². The average Bonchev–Trinajstić information content (AvgIpc) is 2.90. The molecule has 3 rings (SSSR count). The highest BCUT2D eigenvalue weighted by Crippen LogP contribution is 2.35. The summed E-state index contributed by atoms with van der Waals surface area (Å²) < 4.78 is 2.59. The second kappa shape index (κ2) is 7.33. The maximum Gasteiger partial charge on any atom is 0.106 e. The number of hydrogen-bond acceptors (Lipinski definition) is 1. The Kier molecular flexibility index (Phi) is 5.20. The van der Waals surface area contributed by atoms with Crippen molar-refractivity contribution in [3.8, 4) is 11.3 Å². The smallest absolute Gasteiger partial charge is 0.106 e. The molecule has 0 spiro atoms. The zero-order valence-electron chi connectivity index (χ0n) is 14.9. The average molecular weight is 310 g/mol. The van der Waals surface area contributed by atoms with Gasteiger partial charge in [-0.3, -0.25) is 0 Å². The van der Waals surface area contributed by atoms with E-state index in [2.05, 4.69) is 49.6 Å². The van der Waals surface area contributed by atoms with Crippen molar-refractivity contribution >= 4 is 0 Å². The number of aryl methyl sites for hydroxylation is 2. The molecule has 0 amide bonds. The zero-order chi connectivity index (χ0) is 16.2. The topological polar surface area (TPSA) is 17.8 Å². The van der Waals surface area contributed by atoms with Crippen LogP contribution in [0.4, 0.5) is 0 Å². The molecule has 23 heavy (non-hydrogen) atoms. The van der Waals surface area contributed by atoms with Crippen molar-refractivity contribution < 1.29 is 0 Å². The van der Waals surface area contributed by atoms with Crippen LogP contribution in [0.5, 0.6) is 0 Å². The summed E-state index contributed by atoms with van der Waals surface area (Å²) in [5.41, 5.74) is 5.36. The van der Waals surface area contributed by atoms with Crippen molar-refractivity contribution in [2.75, 3.05) is 0 Å². The van der Waals surface area contributed by atoms with Crippen LogP contribution in [0.25, 0.3) is 11.3 Å². The first-order chi connectivity index (χ1) is 11.2. The van der Waals surface area contributed by atoms with Gasteiger partial charge in [0, 0.05) is 17.3 Å². The minimum atomic E-state index is 0.667. The molecule has 124 valence electrons. The van der Waals surface area contributed by atoms with E-state index in [1.54, 1.807) is 0 Å². The van der Waals surface area contributed by atoms with Gasteiger partial charge >= 0.3 is 0 Å². The van der Waals surface area contributed by atoms with Gasteiger partial charge in [-0.25, -0.2) is 4.98 Å². The predicted octanol–water partition coefficient (Wildman–Crippen LogP) is 6.01. The number of hydrogen-bond donors (Lipinski definition) is 0. The van der Waals surface area contributed by atoms with Gasteiger partial charge in [-0.05, 0) is 45.1 Å². The van der Waals surface area contributed by atoms with Crippen molar-refractivity contribution in [1.29, 1.82) is 0 Å². The molecule has 0 saturated heterocycles.